The van der Waals surface area contributed by atoms with Crippen molar-refractivity contribution in [3.05, 3.63) is 99.6 Å². The second-order valence-corrected chi connectivity index (χ2v) is 9.51. The van der Waals surface area contributed by atoms with Gasteiger partial charge in [0, 0.05) is 35.8 Å². The van der Waals surface area contributed by atoms with Crippen LogP contribution in [0.5, 0.6) is 5.75 Å². The van der Waals surface area contributed by atoms with E-state index in [2.05, 4.69) is 9.97 Å². The lowest BCUT2D eigenvalue weighted by Crippen LogP contribution is -2.32. The van der Waals surface area contributed by atoms with Crippen LogP contribution in [0.25, 0.3) is 11.1 Å². The smallest absolute Gasteiger partial charge is 0.258 e. The van der Waals surface area contributed by atoms with Gasteiger partial charge in [-0.25, -0.2) is 9.37 Å². The number of aromatic nitrogens is 3. The molecule has 0 spiro atoms. The predicted octanol–water partition coefficient (Wildman–Crippen LogP) is 5.75. The molecule has 1 amide bonds. The number of nitrogens with zero attached hydrogens (tertiary/aromatic N) is 4. The van der Waals surface area contributed by atoms with Crippen LogP contribution < -0.4 is 4.74 Å². The summed E-state index contributed by atoms with van der Waals surface area (Å²) in [6.45, 7) is 7.50. The van der Waals surface area contributed by atoms with Gasteiger partial charge in [0.2, 0.25) is 0 Å². The minimum Gasteiger partial charge on any atom is -0.490 e. The zero-order chi connectivity index (χ0) is 25.4. The number of carbonyl (C=O) groups is 1. The Kier molecular flexibility index (Phi) is 6.49. The van der Waals surface area contributed by atoms with E-state index in [1.54, 1.807) is 17.2 Å². The van der Waals surface area contributed by atoms with Crippen molar-refractivity contribution < 1.29 is 13.9 Å². The molecule has 3 heterocycles. The number of amides is 1. The molecule has 0 aliphatic carbocycles. The van der Waals surface area contributed by atoms with Crippen molar-refractivity contribution in [2.45, 2.75) is 33.9 Å². The molecular weight excluding hydrogens is 479 g/mol. The van der Waals surface area contributed by atoms with Crippen LogP contribution in [-0.2, 0) is 13.1 Å². The topological polar surface area (TPSA) is 60.3 Å². The van der Waals surface area contributed by atoms with E-state index < -0.39 is 5.82 Å². The third-order valence-electron chi connectivity index (χ3n) is 6.28. The third-order valence-corrected chi connectivity index (χ3v) is 6.59. The fraction of sp³-hybridized carbons (Fsp3) is 0.250. The molecule has 2 aromatic heterocycles. The van der Waals surface area contributed by atoms with Gasteiger partial charge in [-0.3, -0.25) is 9.78 Å². The number of pyridine rings is 1. The van der Waals surface area contributed by atoms with E-state index in [1.165, 1.54) is 12.1 Å². The zero-order valence-corrected chi connectivity index (χ0v) is 21.1. The van der Waals surface area contributed by atoms with Gasteiger partial charge in [-0.05, 0) is 74.4 Å². The monoisotopic (exact) mass is 504 g/mol. The molecule has 184 valence electrons. The summed E-state index contributed by atoms with van der Waals surface area (Å²) in [6, 6.07) is 12.1. The lowest BCUT2D eigenvalue weighted by atomic mass is 9.97. The lowest BCUT2D eigenvalue weighted by Gasteiger charge is -2.21. The molecule has 0 N–H and O–H groups in total. The average Bonchev–Trinajstić information content (AvgIpc) is 3.14. The summed E-state index contributed by atoms with van der Waals surface area (Å²) >= 11 is 6.46. The summed E-state index contributed by atoms with van der Waals surface area (Å²) in [5, 5.41) is 0.254. The summed E-state index contributed by atoms with van der Waals surface area (Å²) in [5.74, 6) is 0.739. The molecule has 0 saturated heterocycles. The highest BCUT2D eigenvalue weighted by Crippen LogP contribution is 2.40. The van der Waals surface area contributed by atoms with Gasteiger partial charge < -0.3 is 14.2 Å². The highest BCUT2D eigenvalue weighted by molar-refractivity contribution is 6.33. The van der Waals surface area contributed by atoms with Crippen molar-refractivity contribution in [1.29, 1.82) is 0 Å². The van der Waals surface area contributed by atoms with Gasteiger partial charge in [-0.1, -0.05) is 11.6 Å². The fourth-order valence-corrected chi connectivity index (χ4v) is 4.92. The van der Waals surface area contributed by atoms with Crippen LogP contribution in [0.1, 0.15) is 38.7 Å². The van der Waals surface area contributed by atoms with E-state index in [0.717, 1.165) is 28.3 Å². The highest BCUT2D eigenvalue weighted by atomic mass is 35.5. The van der Waals surface area contributed by atoms with Gasteiger partial charge in [0.15, 0.2) is 0 Å². The van der Waals surface area contributed by atoms with Crippen molar-refractivity contribution in [1.82, 2.24) is 19.4 Å². The first-order chi connectivity index (χ1) is 17.3. The maximum atomic E-state index is 13.9. The molecule has 0 radical (unpaired) electrons. The van der Waals surface area contributed by atoms with Crippen LogP contribution in [0.4, 0.5) is 4.39 Å². The van der Waals surface area contributed by atoms with Crippen molar-refractivity contribution >= 4 is 17.5 Å². The molecule has 8 heteroatoms. The standard InChI is InChI=1S/C28H26ClFN4O2/c1-17-10-18(2)32-22(11-17)16-34-8-9-36-27-24(23-5-4-21(30)14-26(23)29)12-20(13-25(27)28(34)35)15-33-7-6-31-19(33)3/h4-7,10-14H,8-9,15-16H2,1-3H3. The Morgan fingerprint density at radius 2 is 1.83 bits per heavy atom. The minimum atomic E-state index is -0.427. The number of ether oxygens (including phenoxy) is 1. The molecular formula is C28H26ClFN4O2. The van der Waals surface area contributed by atoms with E-state index in [4.69, 9.17) is 16.3 Å². The molecule has 0 fully saturated rings. The number of hydrogen-bond donors (Lipinski definition) is 0. The first kappa shape index (κ1) is 24.0. The van der Waals surface area contributed by atoms with E-state index in [9.17, 15) is 9.18 Å². The number of imidazole rings is 1. The molecule has 6 nitrogen and oxygen atoms in total. The second kappa shape index (κ2) is 9.74. The van der Waals surface area contributed by atoms with E-state index in [-0.39, 0.29) is 10.9 Å². The summed E-state index contributed by atoms with van der Waals surface area (Å²) < 4.78 is 22.0. The van der Waals surface area contributed by atoms with Crippen LogP contribution in [0.15, 0.2) is 54.9 Å². The number of hydrogen-bond acceptors (Lipinski definition) is 4. The first-order valence-electron chi connectivity index (χ1n) is 11.7. The molecule has 5 rings (SSSR count). The van der Waals surface area contributed by atoms with Crippen molar-refractivity contribution in [3.63, 3.8) is 0 Å². The SMILES string of the molecule is Cc1cc(C)nc(CN2CCOc3c(cc(Cn4ccnc4C)cc3-c3ccc(F)cc3Cl)C2=O)c1. The fourth-order valence-electron chi connectivity index (χ4n) is 4.65. The Morgan fingerprint density at radius 1 is 1.03 bits per heavy atom. The highest BCUT2D eigenvalue weighted by Gasteiger charge is 2.28. The number of rotatable bonds is 5. The summed E-state index contributed by atoms with van der Waals surface area (Å²) in [4.78, 5) is 24.5. The number of fused-ring (bicyclic) bond motifs is 1. The van der Waals surface area contributed by atoms with Crippen LogP contribution >= 0.6 is 11.6 Å². The Balaban J connectivity index is 1.61. The Hall–Kier alpha value is -3.71. The molecule has 1 aliphatic heterocycles. The quantitative estimate of drug-likeness (QED) is 0.347. The summed E-state index contributed by atoms with van der Waals surface area (Å²) in [6.07, 6.45) is 3.63. The number of aryl methyl sites for hydroxylation is 3. The molecule has 2 aromatic carbocycles. The molecule has 0 bridgehead atoms. The second-order valence-electron chi connectivity index (χ2n) is 9.10. The van der Waals surface area contributed by atoms with Gasteiger partial charge in [0.1, 0.15) is 24.0 Å². The number of carbonyl (C=O) groups excluding carboxylic acids is 1. The molecule has 36 heavy (non-hydrogen) atoms. The number of benzene rings is 2. The minimum absolute atomic E-state index is 0.146. The van der Waals surface area contributed by atoms with Crippen LogP contribution in [-0.4, -0.2) is 38.5 Å². The van der Waals surface area contributed by atoms with E-state index in [0.29, 0.717) is 48.7 Å². The van der Waals surface area contributed by atoms with Crippen molar-refractivity contribution in [2.24, 2.45) is 0 Å². The maximum absolute atomic E-state index is 13.9. The van der Waals surface area contributed by atoms with Crippen LogP contribution in [0.2, 0.25) is 5.02 Å². The Morgan fingerprint density at radius 3 is 2.56 bits per heavy atom. The third kappa shape index (κ3) is 4.84. The van der Waals surface area contributed by atoms with Crippen LogP contribution in [0.3, 0.4) is 0 Å². The molecule has 0 unspecified atom stereocenters. The summed E-state index contributed by atoms with van der Waals surface area (Å²) in [7, 11) is 0. The molecule has 1 aliphatic rings. The number of halogens is 2. The van der Waals surface area contributed by atoms with Gasteiger partial charge in [-0.2, -0.15) is 0 Å². The molecule has 4 aromatic rings. The normalized spacial score (nSPS) is 13.4. The predicted molar refractivity (Wildman–Crippen MR) is 137 cm³/mol. The molecule has 0 atom stereocenters. The van der Waals surface area contributed by atoms with Gasteiger partial charge in [0.25, 0.3) is 5.91 Å². The Bertz CT molecular complexity index is 1450. The van der Waals surface area contributed by atoms with Crippen LogP contribution in [0, 0.1) is 26.6 Å². The maximum Gasteiger partial charge on any atom is 0.258 e. The Labute approximate surface area is 214 Å². The van der Waals surface area contributed by atoms with Crippen molar-refractivity contribution in [3.8, 4) is 16.9 Å². The van der Waals surface area contributed by atoms with Gasteiger partial charge >= 0.3 is 0 Å². The lowest BCUT2D eigenvalue weighted by molar-refractivity contribution is 0.0740. The summed E-state index contributed by atoms with van der Waals surface area (Å²) in [5.41, 5.74) is 5.44. The zero-order valence-electron chi connectivity index (χ0n) is 20.4. The van der Waals surface area contributed by atoms with Gasteiger partial charge in [0.05, 0.1) is 29.4 Å². The molecule has 0 saturated carbocycles. The van der Waals surface area contributed by atoms with Crippen molar-refractivity contribution in [2.75, 3.05) is 13.2 Å². The first-order valence-corrected chi connectivity index (χ1v) is 12.1. The largest absolute Gasteiger partial charge is 0.490 e. The van der Waals surface area contributed by atoms with E-state index in [1.807, 2.05) is 55.8 Å². The van der Waals surface area contributed by atoms with E-state index >= 15 is 0 Å². The average molecular weight is 505 g/mol. The van der Waals surface area contributed by atoms with Gasteiger partial charge in [-0.15, -0.1) is 0 Å².